The molecule has 2 aliphatic heterocycles. The van der Waals surface area contributed by atoms with Crippen LogP contribution >= 0.6 is 11.3 Å². The highest BCUT2D eigenvalue weighted by molar-refractivity contribution is 7.19. The van der Waals surface area contributed by atoms with Crippen molar-refractivity contribution in [3.63, 3.8) is 0 Å². The Morgan fingerprint density at radius 2 is 2.20 bits per heavy atom. The third-order valence-corrected chi connectivity index (χ3v) is 6.59. The van der Waals surface area contributed by atoms with Gasteiger partial charge < -0.3 is 15.0 Å². The van der Waals surface area contributed by atoms with Crippen LogP contribution in [0.1, 0.15) is 35.5 Å². The molecule has 5 rings (SSSR count). The van der Waals surface area contributed by atoms with Crippen molar-refractivity contribution in [2.24, 2.45) is 10.9 Å². The molecule has 0 atom stereocenters. The molecule has 0 saturated heterocycles. The molecule has 2 aliphatic rings. The van der Waals surface area contributed by atoms with E-state index in [1.807, 2.05) is 31.0 Å². The smallest absolute Gasteiger partial charge is 0.237 e. The number of pyridine rings is 1. The molecule has 5 heterocycles. The van der Waals surface area contributed by atoms with Crippen LogP contribution in [0, 0.1) is 5.92 Å². The third-order valence-electron chi connectivity index (χ3n) is 5.46. The van der Waals surface area contributed by atoms with E-state index in [1.54, 1.807) is 24.8 Å². The molecule has 0 radical (unpaired) electrons. The minimum absolute atomic E-state index is 0.00117. The number of anilines is 2. The van der Waals surface area contributed by atoms with Crippen molar-refractivity contribution < 1.29 is 9.53 Å². The van der Waals surface area contributed by atoms with Crippen LogP contribution in [0.5, 0.6) is 5.88 Å². The number of carbonyl (C=O) groups excluding carboxylic acids is 1. The fraction of sp³-hybridized carbons (Fsp3) is 0.381. The number of aromatic nitrogens is 3. The quantitative estimate of drug-likeness (QED) is 0.693. The minimum atomic E-state index is 0.00117. The van der Waals surface area contributed by atoms with Crippen LogP contribution in [0.2, 0.25) is 0 Å². The topological polar surface area (TPSA) is 92.6 Å². The molecule has 3 aromatic heterocycles. The van der Waals surface area contributed by atoms with E-state index >= 15 is 0 Å². The normalized spacial score (nSPS) is 14.9. The van der Waals surface area contributed by atoms with Gasteiger partial charge in [-0.05, 0) is 18.1 Å². The SMILES string of the molecule is COc1nc2c(cc1Nc1ncnc3sc4c(c13)CCN(C(=O)C(C)C)C4)C=NC2. The summed E-state index contributed by atoms with van der Waals surface area (Å²) in [6, 6.07) is 1.99. The summed E-state index contributed by atoms with van der Waals surface area (Å²) in [6.07, 6.45) is 4.19. The van der Waals surface area contributed by atoms with Gasteiger partial charge in [-0.25, -0.2) is 15.0 Å². The highest BCUT2D eigenvalue weighted by Gasteiger charge is 2.27. The molecule has 1 amide bonds. The minimum Gasteiger partial charge on any atom is -0.480 e. The Morgan fingerprint density at radius 1 is 1.33 bits per heavy atom. The number of nitrogens with one attached hydrogen (secondary N) is 1. The lowest BCUT2D eigenvalue weighted by molar-refractivity contribution is -0.135. The Kier molecular flexibility index (Phi) is 4.62. The maximum atomic E-state index is 12.5. The average Bonchev–Trinajstić information content (AvgIpc) is 3.35. The molecule has 0 saturated carbocycles. The summed E-state index contributed by atoms with van der Waals surface area (Å²) in [4.78, 5) is 34.4. The standard InChI is InChI=1S/C21H22N6O2S/c1-11(2)21(28)27-5-4-13-16(9-27)30-20-17(13)18(23-10-24-20)25-14-6-12-7-22-8-15(12)26-19(14)29-3/h6-7,10-11H,4-5,8-9H2,1-3H3,(H,23,24,25). The van der Waals surface area contributed by atoms with Gasteiger partial charge in [-0.1, -0.05) is 13.8 Å². The maximum Gasteiger partial charge on any atom is 0.237 e. The molecule has 0 bridgehead atoms. The lowest BCUT2D eigenvalue weighted by atomic mass is 10.0. The molecule has 0 spiro atoms. The summed E-state index contributed by atoms with van der Waals surface area (Å²) >= 11 is 1.63. The van der Waals surface area contributed by atoms with E-state index in [4.69, 9.17) is 4.74 Å². The van der Waals surface area contributed by atoms with Gasteiger partial charge in [0.2, 0.25) is 11.8 Å². The highest BCUT2D eigenvalue weighted by atomic mass is 32.1. The van der Waals surface area contributed by atoms with Gasteiger partial charge in [0.25, 0.3) is 0 Å². The van der Waals surface area contributed by atoms with Crippen LogP contribution in [0.15, 0.2) is 17.4 Å². The molecule has 3 aromatic rings. The van der Waals surface area contributed by atoms with Gasteiger partial charge in [0.15, 0.2) is 0 Å². The summed E-state index contributed by atoms with van der Waals surface area (Å²) < 4.78 is 5.50. The maximum absolute atomic E-state index is 12.5. The first-order valence-electron chi connectivity index (χ1n) is 9.94. The van der Waals surface area contributed by atoms with Gasteiger partial charge in [0.1, 0.15) is 22.7 Å². The van der Waals surface area contributed by atoms with Crippen LogP contribution in [-0.4, -0.2) is 45.6 Å². The van der Waals surface area contributed by atoms with Crippen LogP contribution < -0.4 is 10.1 Å². The number of aliphatic imine (C=N–C) groups is 1. The lowest BCUT2D eigenvalue weighted by Gasteiger charge is -2.28. The predicted molar refractivity (Wildman–Crippen MR) is 117 cm³/mol. The van der Waals surface area contributed by atoms with Crippen LogP contribution in [0.25, 0.3) is 10.2 Å². The largest absolute Gasteiger partial charge is 0.480 e. The first-order chi connectivity index (χ1) is 14.5. The van der Waals surface area contributed by atoms with E-state index in [0.29, 0.717) is 25.5 Å². The van der Waals surface area contributed by atoms with Crippen molar-refractivity contribution in [1.82, 2.24) is 19.9 Å². The molecule has 1 N–H and O–H groups in total. The number of amides is 1. The van der Waals surface area contributed by atoms with Crippen molar-refractivity contribution in [3.05, 3.63) is 34.1 Å². The Morgan fingerprint density at radius 3 is 3.00 bits per heavy atom. The molecule has 30 heavy (non-hydrogen) atoms. The fourth-order valence-electron chi connectivity index (χ4n) is 3.97. The van der Waals surface area contributed by atoms with Crippen molar-refractivity contribution in [3.8, 4) is 5.88 Å². The number of carbonyl (C=O) groups is 1. The predicted octanol–water partition coefficient (Wildman–Crippen LogP) is 3.31. The third kappa shape index (κ3) is 3.09. The van der Waals surface area contributed by atoms with Gasteiger partial charge in [-0.2, -0.15) is 0 Å². The molecular formula is C21H22N6O2S. The summed E-state index contributed by atoms with van der Waals surface area (Å²) in [5.41, 5.74) is 3.87. The monoisotopic (exact) mass is 422 g/mol. The Labute approximate surface area is 178 Å². The summed E-state index contributed by atoms with van der Waals surface area (Å²) in [5.74, 6) is 1.44. The van der Waals surface area contributed by atoms with E-state index in [2.05, 4.69) is 25.3 Å². The van der Waals surface area contributed by atoms with Crippen molar-refractivity contribution in [2.45, 2.75) is 33.4 Å². The average molecular weight is 423 g/mol. The molecule has 0 aromatic carbocycles. The number of nitrogens with zero attached hydrogens (tertiary/aromatic N) is 5. The van der Waals surface area contributed by atoms with Crippen LogP contribution in [0.4, 0.5) is 11.5 Å². The number of rotatable bonds is 4. The number of hydrogen-bond donors (Lipinski definition) is 1. The van der Waals surface area contributed by atoms with Gasteiger partial charge in [0, 0.05) is 29.1 Å². The molecular weight excluding hydrogens is 400 g/mol. The Balaban J connectivity index is 1.53. The lowest BCUT2D eigenvalue weighted by Crippen LogP contribution is -2.37. The molecule has 0 unspecified atom stereocenters. The fourth-order valence-corrected chi connectivity index (χ4v) is 5.17. The van der Waals surface area contributed by atoms with Crippen molar-refractivity contribution in [2.75, 3.05) is 19.0 Å². The summed E-state index contributed by atoms with van der Waals surface area (Å²) in [6.45, 7) is 5.81. The number of methoxy groups -OCH3 is 1. The van der Waals surface area contributed by atoms with E-state index < -0.39 is 0 Å². The summed E-state index contributed by atoms with van der Waals surface area (Å²) in [7, 11) is 1.61. The molecule has 154 valence electrons. The number of fused-ring (bicyclic) bond motifs is 4. The van der Waals surface area contributed by atoms with Gasteiger partial charge in [-0.3, -0.25) is 9.79 Å². The summed E-state index contributed by atoms with van der Waals surface area (Å²) in [5, 5.41) is 4.43. The van der Waals surface area contributed by atoms with Gasteiger partial charge in [-0.15, -0.1) is 11.3 Å². The zero-order valence-corrected chi connectivity index (χ0v) is 17.9. The number of thiophene rings is 1. The molecule has 0 fully saturated rings. The van der Waals surface area contributed by atoms with Gasteiger partial charge in [0.05, 0.1) is 31.3 Å². The molecule has 0 aliphatic carbocycles. The van der Waals surface area contributed by atoms with E-state index in [0.717, 1.165) is 39.4 Å². The second-order valence-electron chi connectivity index (χ2n) is 7.75. The zero-order chi connectivity index (χ0) is 20.8. The number of hydrogen-bond acceptors (Lipinski definition) is 8. The molecule has 9 heteroatoms. The highest BCUT2D eigenvalue weighted by Crippen LogP contribution is 2.39. The molecule has 8 nitrogen and oxygen atoms in total. The second kappa shape index (κ2) is 7.32. The van der Waals surface area contributed by atoms with Gasteiger partial charge >= 0.3 is 0 Å². The Hall–Kier alpha value is -3.07. The number of ether oxygens (including phenoxy) is 1. The van der Waals surface area contributed by atoms with Crippen LogP contribution in [-0.2, 0) is 24.3 Å². The van der Waals surface area contributed by atoms with Crippen LogP contribution in [0.3, 0.4) is 0 Å². The zero-order valence-electron chi connectivity index (χ0n) is 17.1. The van der Waals surface area contributed by atoms with E-state index in [9.17, 15) is 4.79 Å². The van der Waals surface area contributed by atoms with Crippen molar-refractivity contribution >= 4 is 45.2 Å². The Bertz CT molecular complexity index is 1190. The first kappa shape index (κ1) is 18.9. The van der Waals surface area contributed by atoms with E-state index in [-0.39, 0.29) is 11.8 Å². The van der Waals surface area contributed by atoms with Crippen molar-refractivity contribution in [1.29, 1.82) is 0 Å². The first-order valence-corrected chi connectivity index (χ1v) is 10.8. The van der Waals surface area contributed by atoms with E-state index in [1.165, 1.54) is 10.4 Å². The second-order valence-corrected chi connectivity index (χ2v) is 8.83.